The number of fused-ring (bicyclic) bond motifs is 1. The number of aryl methyl sites for hydroxylation is 1. The Hall–Kier alpha value is -1.32. The number of carbonyl (C=O) groups excluding carboxylic acids is 1. The van der Waals surface area contributed by atoms with Gasteiger partial charge >= 0.3 is 0 Å². The van der Waals surface area contributed by atoms with Gasteiger partial charge in [0, 0.05) is 17.2 Å². The van der Waals surface area contributed by atoms with Crippen LogP contribution in [0.4, 0.5) is 5.69 Å². The smallest absolute Gasteiger partial charge is 0.231 e. The van der Waals surface area contributed by atoms with Gasteiger partial charge in [-0.05, 0) is 41.3 Å². The van der Waals surface area contributed by atoms with Crippen LogP contribution in [0.3, 0.4) is 0 Å². The van der Waals surface area contributed by atoms with Gasteiger partial charge in [0.25, 0.3) is 0 Å². The number of likely N-dealkylation sites (N-methyl/N-ethyl adjacent to an activating group) is 1. The van der Waals surface area contributed by atoms with E-state index in [0.29, 0.717) is 6.42 Å². The summed E-state index contributed by atoms with van der Waals surface area (Å²) >= 11 is 10.1. The van der Waals surface area contributed by atoms with Gasteiger partial charge < -0.3 is 4.90 Å². The highest BCUT2D eigenvalue weighted by Crippen LogP contribution is 2.35. The van der Waals surface area contributed by atoms with Gasteiger partial charge in [-0.2, -0.15) is 0 Å². The number of hydrogen-bond acceptors (Lipinski definition) is 1. The van der Waals surface area contributed by atoms with Gasteiger partial charge in [0.1, 0.15) is 0 Å². The zero-order valence-electron chi connectivity index (χ0n) is 11.9. The number of alkyl halides is 1. The van der Waals surface area contributed by atoms with E-state index < -0.39 is 0 Å². The highest BCUT2D eigenvalue weighted by Gasteiger charge is 2.25. The Kier molecular flexibility index (Phi) is 3.80. The average molecular weight is 365 g/mol. The van der Waals surface area contributed by atoms with Crippen LogP contribution < -0.4 is 4.90 Å². The number of nitrogens with zero attached hydrogens (tertiary/aromatic N) is 1. The Labute approximate surface area is 137 Å². The largest absolute Gasteiger partial charge is 0.315 e. The molecule has 0 N–H and O–H groups in total. The molecule has 0 aromatic heterocycles. The first kappa shape index (κ1) is 14.6. The first-order valence-electron chi connectivity index (χ1n) is 6.77. The lowest BCUT2D eigenvalue weighted by Crippen LogP contribution is -2.20. The van der Waals surface area contributed by atoms with Gasteiger partial charge in [-0.25, -0.2) is 0 Å². The Morgan fingerprint density at radius 1 is 1.19 bits per heavy atom. The summed E-state index contributed by atoms with van der Waals surface area (Å²) in [5.74, 6) is 0.132. The molecule has 2 nitrogen and oxygen atoms in total. The SMILES string of the molecule is Cc1cc(C(Cl)c2ccc3c(c2)CC(=O)N3C)ccc1Br. The lowest BCUT2D eigenvalue weighted by molar-refractivity contribution is -0.117. The van der Waals surface area contributed by atoms with Gasteiger partial charge in [-0.3, -0.25) is 4.79 Å². The number of amides is 1. The zero-order chi connectivity index (χ0) is 15.1. The van der Waals surface area contributed by atoms with E-state index in [1.807, 2.05) is 44.3 Å². The van der Waals surface area contributed by atoms with Crippen LogP contribution in [0.1, 0.15) is 27.6 Å². The average Bonchev–Trinajstić information content (AvgIpc) is 2.76. The van der Waals surface area contributed by atoms with Crippen molar-refractivity contribution in [1.29, 1.82) is 0 Å². The van der Waals surface area contributed by atoms with E-state index in [0.717, 1.165) is 32.4 Å². The number of halogens is 2. The molecule has 1 aliphatic heterocycles. The highest BCUT2D eigenvalue weighted by atomic mass is 79.9. The number of rotatable bonds is 2. The molecule has 0 bridgehead atoms. The molecular formula is C17H15BrClNO. The second-order valence-corrected chi connectivity index (χ2v) is 6.68. The molecule has 3 rings (SSSR count). The second-order valence-electron chi connectivity index (χ2n) is 5.39. The molecule has 1 aliphatic rings. The molecule has 0 fully saturated rings. The molecule has 1 atom stereocenters. The number of anilines is 1. The summed E-state index contributed by atoms with van der Waals surface area (Å²) in [5, 5.41) is -0.205. The maximum atomic E-state index is 11.8. The lowest BCUT2D eigenvalue weighted by Gasteiger charge is -2.14. The predicted octanol–water partition coefficient (Wildman–Crippen LogP) is 4.60. The Morgan fingerprint density at radius 2 is 1.86 bits per heavy atom. The van der Waals surface area contributed by atoms with Crippen LogP contribution >= 0.6 is 27.5 Å². The van der Waals surface area contributed by atoms with E-state index >= 15 is 0 Å². The van der Waals surface area contributed by atoms with Crippen LogP contribution in [0, 0.1) is 6.92 Å². The van der Waals surface area contributed by atoms with Crippen molar-refractivity contribution in [3.63, 3.8) is 0 Å². The van der Waals surface area contributed by atoms with Crippen molar-refractivity contribution in [2.75, 3.05) is 11.9 Å². The van der Waals surface area contributed by atoms with Crippen LogP contribution in [0.15, 0.2) is 40.9 Å². The standard InChI is InChI=1S/C17H15BrClNO/c1-10-7-11(3-5-14(10)18)17(19)12-4-6-15-13(8-12)9-16(21)20(15)2/h3-8,17H,9H2,1-2H3. The predicted molar refractivity (Wildman–Crippen MR) is 90.1 cm³/mol. The van der Waals surface area contributed by atoms with Crippen molar-refractivity contribution < 1.29 is 4.79 Å². The molecule has 21 heavy (non-hydrogen) atoms. The Balaban J connectivity index is 1.96. The first-order chi connectivity index (χ1) is 9.97. The number of carbonyl (C=O) groups is 1. The van der Waals surface area contributed by atoms with Crippen LogP contribution in [-0.4, -0.2) is 13.0 Å². The number of benzene rings is 2. The fourth-order valence-electron chi connectivity index (χ4n) is 2.67. The van der Waals surface area contributed by atoms with Crippen molar-refractivity contribution in [1.82, 2.24) is 0 Å². The molecule has 4 heteroatoms. The van der Waals surface area contributed by atoms with Crippen LogP contribution in [-0.2, 0) is 11.2 Å². The molecule has 108 valence electrons. The van der Waals surface area contributed by atoms with Crippen molar-refractivity contribution in [3.8, 4) is 0 Å². The fraction of sp³-hybridized carbons (Fsp3) is 0.235. The minimum absolute atomic E-state index is 0.132. The molecule has 0 aliphatic carbocycles. The van der Waals surface area contributed by atoms with E-state index in [-0.39, 0.29) is 11.3 Å². The van der Waals surface area contributed by atoms with Gasteiger partial charge in [0.2, 0.25) is 5.91 Å². The molecule has 0 saturated heterocycles. The molecule has 0 spiro atoms. The van der Waals surface area contributed by atoms with Crippen LogP contribution in [0.2, 0.25) is 0 Å². The van der Waals surface area contributed by atoms with Crippen LogP contribution in [0.5, 0.6) is 0 Å². The lowest BCUT2D eigenvalue weighted by atomic mass is 10.00. The monoisotopic (exact) mass is 363 g/mol. The third kappa shape index (κ3) is 2.60. The molecular weight excluding hydrogens is 350 g/mol. The third-order valence-corrected chi connectivity index (χ3v) is 5.34. The van der Waals surface area contributed by atoms with Gasteiger partial charge in [-0.15, -0.1) is 11.6 Å². The van der Waals surface area contributed by atoms with E-state index in [2.05, 4.69) is 22.0 Å². The number of hydrogen-bond donors (Lipinski definition) is 0. The second kappa shape index (κ2) is 5.47. The quantitative estimate of drug-likeness (QED) is 0.713. The summed E-state index contributed by atoms with van der Waals surface area (Å²) in [6.45, 7) is 2.05. The molecule has 1 heterocycles. The van der Waals surface area contributed by atoms with Crippen LogP contribution in [0.25, 0.3) is 0 Å². The summed E-state index contributed by atoms with van der Waals surface area (Å²) < 4.78 is 1.08. The van der Waals surface area contributed by atoms with E-state index in [4.69, 9.17) is 11.6 Å². The normalized spacial score (nSPS) is 15.2. The summed E-state index contributed by atoms with van der Waals surface area (Å²) in [6.07, 6.45) is 0.461. The van der Waals surface area contributed by atoms with Crippen molar-refractivity contribution >= 4 is 39.1 Å². The minimum atomic E-state index is -0.205. The highest BCUT2D eigenvalue weighted by molar-refractivity contribution is 9.10. The van der Waals surface area contributed by atoms with E-state index in [9.17, 15) is 4.79 Å². The maximum Gasteiger partial charge on any atom is 0.231 e. The molecule has 0 saturated carbocycles. The summed E-state index contributed by atoms with van der Waals surface area (Å²) in [7, 11) is 1.81. The van der Waals surface area contributed by atoms with Crippen molar-refractivity contribution in [2.24, 2.45) is 0 Å². The van der Waals surface area contributed by atoms with Crippen molar-refractivity contribution in [3.05, 3.63) is 63.1 Å². The topological polar surface area (TPSA) is 20.3 Å². The summed E-state index contributed by atoms with van der Waals surface area (Å²) in [4.78, 5) is 13.5. The summed E-state index contributed by atoms with van der Waals surface area (Å²) in [5.41, 5.74) is 5.29. The molecule has 2 aromatic rings. The molecule has 2 aromatic carbocycles. The summed E-state index contributed by atoms with van der Waals surface area (Å²) in [6, 6.07) is 12.2. The van der Waals surface area contributed by atoms with E-state index in [1.54, 1.807) is 4.90 Å². The molecule has 1 amide bonds. The van der Waals surface area contributed by atoms with Gasteiger partial charge in [0.15, 0.2) is 0 Å². The van der Waals surface area contributed by atoms with Crippen molar-refractivity contribution in [2.45, 2.75) is 18.7 Å². The maximum absolute atomic E-state index is 11.8. The Bertz CT molecular complexity index is 729. The molecule has 0 radical (unpaired) electrons. The first-order valence-corrected chi connectivity index (χ1v) is 8.00. The third-order valence-electron chi connectivity index (χ3n) is 3.95. The Morgan fingerprint density at radius 3 is 2.57 bits per heavy atom. The fourth-order valence-corrected chi connectivity index (χ4v) is 3.18. The van der Waals surface area contributed by atoms with Gasteiger partial charge in [-0.1, -0.05) is 40.2 Å². The van der Waals surface area contributed by atoms with Gasteiger partial charge in [0.05, 0.1) is 11.8 Å². The van der Waals surface area contributed by atoms with E-state index in [1.165, 1.54) is 0 Å². The zero-order valence-corrected chi connectivity index (χ0v) is 14.2. The molecule has 1 unspecified atom stereocenters. The minimum Gasteiger partial charge on any atom is -0.315 e.